The minimum Gasteiger partial charge on any atom is -0.496 e. The fourth-order valence-corrected chi connectivity index (χ4v) is 2.93. The molecule has 0 aliphatic carbocycles. The van der Waals surface area contributed by atoms with Crippen molar-refractivity contribution in [3.05, 3.63) is 29.8 Å². The summed E-state index contributed by atoms with van der Waals surface area (Å²) in [5.41, 5.74) is 0.702. The molecule has 1 aromatic carbocycles. The van der Waals surface area contributed by atoms with Crippen molar-refractivity contribution in [2.24, 2.45) is 0 Å². The third-order valence-electron chi connectivity index (χ3n) is 3.93. The third kappa shape index (κ3) is 2.15. The zero-order chi connectivity index (χ0) is 13.0. The van der Waals surface area contributed by atoms with E-state index in [4.69, 9.17) is 4.74 Å². The van der Waals surface area contributed by atoms with Crippen LogP contribution in [0.25, 0.3) is 0 Å². The molecule has 18 heavy (non-hydrogen) atoms. The average molecular weight is 247 g/mol. The highest BCUT2D eigenvalue weighted by Crippen LogP contribution is 2.40. The second-order valence-corrected chi connectivity index (χ2v) is 4.81. The first-order valence-electron chi connectivity index (χ1n) is 6.62. The van der Waals surface area contributed by atoms with Crippen LogP contribution < -0.4 is 10.1 Å². The molecule has 3 nitrogen and oxygen atoms in total. The molecule has 0 aromatic heterocycles. The van der Waals surface area contributed by atoms with Gasteiger partial charge in [0.1, 0.15) is 11.5 Å². The molecule has 3 heteroatoms. The van der Waals surface area contributed by atoms with Crippen LogP contribution in [0.15, 0.2) is 24.3 Å². The summed E-state index contributed by atoms with van der Waals surface area (Å²) in [6.45, 7) is 3.73. The van der Waals surface area contributed by atoms with Crippen LogP contribution in [0.4, 0.5) is 0 Å². The van der Waals surface area contributed by atoms with Crippen molar-refractivity contribution < 1.29 is 9.53 Å². The second kappa shape index (κ2) is 5.53. The van der Waals surface area contributed by atoms with Crippen LogP contribution in [-0.4, -0.2) is 26.0 Å². The summed E-state index contributed by atoms with van der Waals surface area (Å²) in [7, 11) is 1.67. The van der Waals surface area contributed by atoms with Crippen LogP contribution in [0.5, 0.6) is 5.75 Å². The quantitative estimate of drug-likeness (QED) is 0.887. The molecule has 0 bridgehead atoms. The molecule has 1 aliphatic heterocycles. The molecule has 1 aromatic rings. The number of Topliss-reactive ketones (excluding diaryl/α,β-unsaturated/α-hetero) is 1. The number of hydrogen-bond donors (Lipinski definition) is 1. The molecule has 0 unspecified atom stereocenters. The van der Waals surface area contributed by atoms with E-state index in [0.717, 1.165) is 37.2 Å². The van der Waals surface area contributed by atoms with Crippen LogP contribution in [-0.2, 0) is 10.2 Å². The normalized spacial score (nSPS) is 18.3. The van der Waals surface area contributed by atoms with Gasteiger partial charge in [0.15, 0.2) is 0 Å². The Bertz CT molecular complexity index is 422. The number of ether oxygens (including phenoxy) is 1. The summed E-state index contributed by atoms with van der Waals surface area (Å²) in [5.74, 6) is 1.16. The van der Waals surface area contributed by atoms with E-state index in [1.165, 1.54) is 0 Å². The maximum absolute atomic E-state index is 12.5. The minimum atomic E-state index is -0.355. The van der Waals surface area contributed by atoms with E-state index < -0.39 is 0 Å². The molecule has 1 fully saturated rings. The predicted molar refractivity (Wildman–Crippen MR) is 72.1 cm³/mol. The van der Waals surface area contributed by atoms with E-state index in [-0.39, 0.29) is 5.41 Å². The SMILES string of the molecule is CCC(=O)C1(c2ccccc2OC)CCNCC1. The van der Waals surface area contributed by atoms with Gasteiger partial charge in [-0.05, 0) is 32.0 Å². The Morgan fingerprint density at radius 3 is 2.61 bits per heavy atom. The summed E-state index contributed by atoms with van der Waals surface area (Å²) in [6, 6.07) is 7.93. The van der Waals surface area contributed by atoms with Gasteiger partial charge in [-0.3, -0.25) is 4.79 Å². The summed E-state index contributed by atoms with van der Waals surface area (Å²) < 4.78 is 5.45. The fourth-order valence-electron chi connectivity index (χ4n) is 2.93. The largest absolute Gasteiger partial charge is 0.496 e. The smallest absolute Gasteiger partial charge is 0.143 e. The van der Waals surface area contributed by atoms with Gasteiger partial charge in [-0.15, -0.1) is 0 Å². The number of ketones is 1. The molecule has 0 saturated carbocycles. The maximum Gasteiger partial charge on any atom is 0.143 e. The Morgan fingerprint density at radius 2 is 2.00 bits per heavy atom. The number of nitrogens with one attached hydrogen (secondary N) is 1. The lowest BCUT2D eigenvalue weighted by Crippen LogP contribution is -2.45. The number of methoxy groups -OCH3 is 1. The molecule has 1 aliphatic rings. The molecule has 98 valence electrons. The molecule has 1 saturated heterocycles. The topological polar surface area (TPSA) is 38.3 Å². The Morgan fingerprint density at radius 1 is 1.33 bits per heavy atom. The van der Waals surface area contributed by atoms with E-state index in [0.29, 0.717) is 12.2 Å². The lowest BCUT2D eigenvalue weighted by Gasteiger charge is -2.37. The second-order valence-electron chi connectivity index (χ2n) is 4.81. The predicted octanol–water partition coefficient (Wildman–Crippen LogP) is 2.30. The number of piperidine rings is 1. The fraction of sp³-hybridized carbons (Fsp3) is 0.533. The van der Waals surface area contributed by atoms with Crippen LogP contribution in [0.2, 0.25) is 0 Å². The van der Waals surface area contributed by atoms with Gasteiger partial charge >= 0.3 is 0 Å². The summed E-state index contributed by atoms with van der Waals surface area (Å²) >= 11 is 0. The lowest BCUT2D eigenvalue weighted by molar-refractivity contribution is -0.125. The highest BCUT2D eigenvalue weighted by molar-refractivity contribution is 5.90. The molecule has 1 N–H and O–H groups in total. The molecule has 0 spiro atoms. The molecule has 0 amide bonds. The number of carbonyl (C=O) groups excluding carboxylic acids is 1. The van der Waals surface area contributed by atoms with Gasteiger partial charge in [0.2, 0.25) is 0 Å². The van der Waals surface area contributed by atoms with Crippen molar-refractivity contribution in [2.45, 2.75) is 31.6 Å². The lowest BCUT2D eigenvalue weighted by atomic mass is 9.69. The standard InChI is InChI=1S/C15H21NO2/c1-3-14(17)15(8-10-16-11-9-15)12-6-4-5-7-13(12)18-2/h4-7,16H,3,8-11H2,1-2H3. The van der Waals surface area contributed by atoms with E-state index in [1.807, 2.05) is 31.2 Å². The molecule has 0 atom stereocenters. The van der Waals surface area contributed by atoms with Crippen molar-refractivity contribution in [1.82, 2.24) is 5.32 Å². The van der Waals surface area contributed by atoms with Crippen LogP contribution in [0, 0.1) is 0 Å². The van der Waals surface area contributed by atoms with Crippen molar-refractivity contribution in [2.75, 3.05) is 20.2 Å². The van der Waals surface area contributed by atoms with E-state index >= 15 is 0 Å². The molecule has 0 radical (unpaired) electrons. The van der Waals surface area contributed by atoms with Gasteiger partial charge in [0.25, 0.3) is 0 Å². The number of carbonyl (C=O) groups is 1. The van der Waals surface area contributed by atoms with Crippen LogP contribution in [0.3, 0.4) is 0 Å². The van der Waals surface area contributed by atoms with Gasteiger partial charge in [0, 0.05) is 12.0 Å². The van der Waals surface area contributed by atoms with E-state index in [9.17, 15) is 4.79 Å². The van der Waals surface area contributed by atoms with Crippen molar-refractivity contribution in [1.29, 1.82) is 0 Å². The highest BCUT2D eigenvalue weighted by atomic mass is 16.5. The Hall–Kier alpha value is -1.35. The van der Waals surface area contributed by atoms with Gasteiger partial charge in [-0.1, -0.05) is 25.1 Å². The molecular weight excluding hydrogens is 226 g/mol. The van der Waals surface area contributed by atoms with Crippen molar-refractivity contribution in [3.63, 3.8) is 0 Å². The molecule has 2 rings (SSSR count). The Balaban J connectivity index is 2.48. The Kier molecular flexibility index (Phi) is 4.02. The van der Waals surface area contributed by atoms with Crippen LogP contribution in [0.1, 0.15) is 31.7 Å². The average Bonchev–Trinajstić information content (AvgIpc) is 2.47. The first kappa shape index (κ1) is 13.1. The van der Waals surface area contributed by atoms with Gasteiger partial charge in [-0.25, -0.2) is 0 Å². The van der Waals surface area contributed by atoms with Crippen LogP contribution >= 0.6 is 0 Å². The monoisotopic (exact) mass is 247 g/mol. The zero-order valence-corrected chi connectivity index (χ0v) is 11.2. The molecular formula is C15H21NO2. The summed E-state index contributed by atoms with van der Waals surface area (Å²) in [5, 5.41) is 3.33. The van der Waals surface area contributed by atoms with E-state index in [2.05, 4.69) is 5.32 Å². The number of rotatable bonds is 4. The summed E-state index contributed by atoms with van der Waals surface area (Å²) in [4.78, 5) is 12.5. The number of benzene rings is 1. The van der Waals surface area contributed by atoms with Gasteiger partial charge in [0.05, 0.1) is 12.5 Å². The third-order valence-corrected chi connectivity index (χ3v) is 3.93. The zero-order valence-electron chi connectivity index (χ0n) is 11.2. The highest BCUT2D eigenvalue weighted by Gasteiger charge is 2.41. The molecule has 1 heterocycles. The number of para-hydroxylation sites is 1. The van der Waals surface area contributed by atoms with Crippen molar-refractivity contribution in [3.8, 4) is 5.75 Å². The summed E-state index contributed by atoms with van der Waals surface area (Å²) in [6.07, 6.45) is 2.30. The number of hydrogen-bond acceptors (Lipinski definition) is 3. The first-order chi connectivity index (χ1) is 8.74. The van der Waals surface area contributed by atoms with Gasteiger partial charge in [-0.2, -0.15) is 0 Å². The maximum atomic E-state index is 12.5. The van der Waals surface area contributed by atoms with Crippen molar-refractivity contribution >= 4 is 5.78 Å². The van der Waals surface area contributed by atoms with Gasteiger partial charge < -0.3 is 10.1 Å². The minimum absolute atomic E-state index is 0.327. The Labute approximate surface area is 109 Å². The first-order valence-corrected chi connectivity index (χ1v) is 6.62. The van der Waals surface area contributed by atoms with E-state index in [1.54, 1.807) is 7.11 Å².